The van der Waals surface area contributed by atoms with Crippen LogP contribution in [0.1, 0.15) is 25.3 Å². The molecular weight excluding hydrogens is 214 g/mol. The van der Waals surface area contributed by atoms with Gasteiger partial charge in [0.05, 0.1) is 6.61 Å². The molecule has 1 aromatic rings. The minimum Gasteiger partial charge on any atom is -0.395 e. The van der Waals surface area contributed by atoms with Crippen molar-refractivity contribution in [3.05, 3.63) is 23.9 Å². The summed E-state index contributed by atoms with van der Waals surface area (Å²) in [4.78, 5) is 6.69. The van der Waals surface area contributed by atoms with Crippen molar-refractivity contribution >= 4 is 5.82 Å². The van der Waals surface area contributed by atoms with E-state index < -0.39 is 0 Å². The Balaban J connectivity index is 1.99. The van der Waals surface area contributed by atoms with Gasteiger partial charge in [-0.25, -0.2) is 4.98 Å². The van der Waals surface area contributed by atoms with Crippen LogP contribution in [0.25, 0.3) is 0 Å². The molecule has 1 heterocycles. The number of aliphatic hydroxyl groups excluding tert-OH is 1. The minimum absolute atomic E-state index is 0.192. The van der Waals surface area contributed by atoms with Crippen molar-refractivity contribution in [1.29, 1.82) is 0 Å². The van der Waals surface area contributed by atoms with Crippen LogP contribution in [-0.4, -0.2) is 35.8 Å². The van der Waals surface area contributed by atoms with Gasteiger partial charge in [-0.05, 0) is 31.0 Å². The van der Waals surface area contributed by atoms with E-state index in [4.69, 9.17) is 5.11 Å². The van der Waals surface area contributed by atoms with Crippen molar-refractivity contribution in [2.45, 2.75) is 32.4 Å². The molecule has 1 aliphatic carbocycles. The van der Waals surface area contributed by atoms with Gasteiger partial charge in [-0.1, -0.05) is 13.0 Å². The second-order valence-corrected chi connectivity index (χ2v) is 4.45. The highest BCUT2D eigenvalue weighted by atomic mass is 16.3. The highest BCUT2D eigenvalue weighted by Gasteiger charge is 2.29. The van der Waals surface area contributed by atoms with Gasteiger partial charge in [0.15, 0.2) is 0 Å². The first-order valence-electron chi connectivity index (χ1n) is 6.38. The van der Waals surface area contributed by atoms with Gasteiger partial charge in [0.25, 0.3) is 0 Å². The molecular formula is C13H21N3O. The van der Waals surface area contributed by atoms with Crippen LogP contribution in [0.15, 0.2) is 18.3 Å². The third kappa shape index (κ3) is 3.41. The molecule has 0 unspecified atom stereocenters. The maximum Gasteiger partial charge on any atom is 0.128 e. The summed E-state index contributed by atoms with van der Waals surface area (Å²) in [6.45, 7) is 4.81. The lowest BCUT2D eigenvalue weighted by Crippen LogP contribution is -2.29. The van der Waals surface area contributed by atoms with Gasteiger partial charge in [0, 0.05) is 25.3 Å². The molecule has 0 aromatic carbocycles. The standard InChI is InChI=1S/C13H21N3O/c1-2-14-9-11-3-6-13(15-10-11)16(7-8-17)12-4-5-12/h3,6,10,12,14,17H,2,4-5,7-9H2,1H3. The number of pyridine rings is 1. The molecule has 2 rings (SSSR count). The number of rotatable bonds is 7. The summed E-state index contributed by atoms with van der Waals surface area (Å²) in [6, 6.07) is 4.76. The number of nitrogens with one attached hydrogen (secondary N) is 1. The third-order valence-electron chi connectivity index (χ3n) is 3.01. The molecule has 4 nitrogen and oxygen atoms in total. The molecule has 0 spiro atoms. The molecule has 1 aliphatic rings. The number of aliphatic hydroxyl groups is 1. The van der Waals surface area contributed by atoms with Crippen LogP contribution >= 0.6 is 0 Å². The SMILES string of the molecule is CCNCc1ccc(N(CCO)C2CC2)nc1. The fourth-order valence-corrected chi connectivity index (χ4v) is 1.94. The predicted molar refractivity (Wildman–Crippen MR) is 69.1 cm³/mol. The highest BCUT2D eigenvalue weighted by Crippen LogP contribution is 2.30. The average molecular weight is 235 g/mol. The highest BCUT2D eigenvalue weighted by molar-refractivity contribution is 5.42. The summed E-state index contributed by atoms with van der Waals surface area (Å²) >= 11 is 0. The Labute approximate surface area is 103 Å². The number of hydrogen-bond donors (Lipinski definition) is 2. The normalized spacial score (nSPS) is 14.9. The molecule has 0 radical (unpaired) electrons. The van der Waals surface area contributed by atoms with Crippen molar-refractivity contribution in [2.24, 2.45) is 0 Å². The summed E-state index contributed by atoms with van der Waals surface area (Å²) in [6.07, 6.45) is 4.37. The molecule has 0 amide bonds. The molecule has 0 aliphatic heterocycles. The van der Waals surface area contributed by atoms with Crippen molar-refractivity contribution in [1.82, 2.24) is 10.3 Å². The molecule has 4 heteroatoms. The lowest BCUT2D eigenvalue weighted by Gasteiger charge is -2.22. The van der Waals surface area contributed by atoms with Crippen LogP contribution in [0, 0.1) is 0 Å². The first kappa shape index (κ1) is 12.3. The average Bonchev–Trinajstić information content (AvgIpc) is 3.18. The van der Waals surface area contributed by atoms with Gasteiger partial charge in [-0.15, -0.1) is 0 Å². The molecule has 0 saturated heterocycles. The summed E-state index contributed by atoms with van der Waals surface area (Å²) in [7, 11) is 0. The molecule has 0 atom stereocenters. The number of nitrogens with zero attached hydrogens (tertiary/aromatic N) is 2. The molecule has 2 N–H and O–H groups in total. The van der Waals surface area contributed by atoms with Crippen molar-refractivity contribution in [2.75, 3.05) is 24.6 Å². The molecule has 1 saturated carbocycles. The van der Waals surface area contributed by atoms with Crippen LogP contribution in [0.3, 0.4) is 0 Å². The van der Waals surface area contributed by atoms with Gasteiger partial charge in [0.2, 0.25) is 0 Å². The minimum atomic E-state index is 0.192. The third-order valence-corrected chi connectivity index (χ3v) is 3.01. The fraction of sp³-hybridized carbons (Fsp3) is 0.615. The quantitative estimate of drug-likeness (QED) is 0.744. The van der Waals surface area contributed by atoms with Crippen LogP contribution in [0.5, 0.6) is 0 Å². The summed E-state index contributed by atoms with van der Waals surface area (Å²) in [5.41, 5.74) is 1.20. The van der Waals surface area contributed by atoms with Crippen LogP contribution in [0.2, 0.25) is 0 Å². The second-order valence-electron chi connectivity index (χ2n) is 4.45. The Bertz CT molecular complexity index is 335. The van der Waals surface area contributed by atoms with Gasteiger partial charge in [-0.3, -0.25) is 0 Å². The predicted octanol–water partition coefficient (Wildman–Crippen LogP) is 1.15. The first-order valence-corrected chi connectivity index (χ1v) is 6.38. The monoisotopic (exact) mass is 235 g/mol. The smallest absolute Gasteiger partial charge is 0.128 e. The van der Waals surface area contributed by atoms with Gasteiger partial charge in [0.1, 0.15) is 5.82 Å². The van der Waals surface area contributed by atoms with Crippen LogP contribution in [0.4, 0.5) is 5.82 Å². The Kier molecular flexibility index (Phi) is 4.34. The van der Waals surface area contributed by atoms with E-state index in [0.29, 0.717) is 12.6 Å². The first-order chi connectivity index (χ1) is 8.35. The van der Waals surface area contributed by atoms with E-state index in [9.17, 15) is 0 Å². The zero-order valence-corrected chi connectivity index (χ0v) is 10.4. The summed E-state index contributed by atoms with van der Waals surface area (Å²) in [5, 5.41) is 12.3. The van der Waals surface area contributed by atoms with E-state index in [0.717, 1.165) is 18.9 Å². The van der Waals surface area contributed by atoms with E-state index in [1.54, 1.807) is 0 Å². The Morgan fingerprint density at radius 2 is 2.29 bits per heavy atom. The number of anilines is 1. The Hall–Kier alpha value is -1.13. The van der Waals surface area contributed by atoms with E-state index in [1.807, 2.05) is 6.20 Å². The van der Waals surface area contributed by atoms with Crippen molar-refractivity contribution < 1.29 is 5.11 Å². The van der Waals surface area contributed by atoms with Gasteiger partial charge >= 0.3 is 0 Å². The van der Waals surface area contributed by atoms with Crippen LogP contribution in [-0.2, 0) is 6.54 Å². The van der Waals surface area contributed by atoms with Gasteiger partial charge < -0.3 is 15.3 Å². The Morgan fingerprint density at radius 1 is 1.47 bits per heavy atom. The largest absolute Gasteiger partial charge is 0.395 e. The molecule has 1 fully saturated rings. The van der Waals surface area contributed by atoms with Crippen molar-refractivity contribution in [3.8, 4) is 0 Å². The summed E-state index contributed by atoms with van der Waals surface area (Å²) < 4.78 is 0. The van der Waals surface area contributed by atoms with Crippen molar-refractivity contribution in [3.63, 3.8) is 0 Å². The molecule has 1 aromatic heterocycles. The van der Waals surface area contributed by atoms with Crippen LogP contribution < -0.4 is 10.2 Å². The molecule has 17 heavy (non-hydrogen) atoms. The zero-order valence-electron chi connectivity index (χ0n) is 10.4. The lowest BCUT2D eigenvalue weighted by molar-refractivity contribution is 0.301. The number of aromatic nitrogens is 1. The second kappa shape index (κ2) is 5.98. The maximum absolute atomic E-state index is 9.07. The lowest BCUT2D eigenvalue weighted by atomic mass is 10.2. The Morgan fingerprint density at radius 3 is 2.82 bits per heavy atom. The van der Waals surface area contributed by atoms with Gasteiger partial charge in [-0.2, -0.15) is 0 Å². The summed E-state index contributed by atoms with van der Waals surface area (Å²) in [5.74, 6) is 0.988. The van der Waals surface area contributed by atoms with E-state index in [-0.39, 0.29) is 6.61 Å². The fourth-order valence-electron chi connectivity index (χ4n) is 1.94. The topological polar surface area (TPSA) is 48.4 Å². The van der Waals surface area contributed by atoms with E-state index in [1.165, 1.54) is 18.4 Å². The number of hydrogen-bond acceptors (Lipinski definition) is 4. The zero-order chi connectivity index (χ0) is 12.1. The van der Waals surface area contributed by atoms with E-state index >= 15 is 0 Å². The maximum atomic E-state index is 9.07. The van der Waals surface area contributed by atoms with E-state index in [2.05, 4.69) is 34.3 Å². The molecule has 0 bridgehead atoms. The molecule has 94 valence electrons.